The first-order chi connectivity index (χ1) is 11.5. The second-order valence-electron chi connectivity index (χ2n) is 5.18. The van der Waals surface area contributed by atoms with Crippen LogP contribution in [0.15, 0.2) is 36.4 Å². The molecule has 0 bridgehead atoms. The molecule has 2 rings (SSSR count). The molecule has 24 heavy (non-hydrogen) atoms. The molecule has 0 aliphatic rings. The third kappa shape index (κ3) is 3.68. The maximum absolute atomic E-state index is 12.4. The van der Waals surface area contributed by atoms with Crippen molar-refractivity contribution in [2.75, 3.05) is 21.3 Å². The van der Waals surface area contributed by atoms with Crippen LogP contribution in [-0.2, 0) is 0 Å². The first kappa shape index (κ1) is 17.4. The molecule has 2 aromatic rings. The van der Waals surface area contributed by atoms with Gasteiger partial charge in [-0.05, 0) is 42.8 Å². The van der Waals surface area contributed by atoms with Crippen molar-refractivity contribution in [2.45, 2.75) is 6.92 Å². The molecule has 0 saturated heterocycles. The summed E-state index contributed by atoms with van der Waals surface area (Å²) in [6, 6.07) is 8.67. The summed E-state index contributed by atoms with van der Waals surface area (Å²) in [4.78, 5) is 12.4. The molecule has 0 amide bonds. The number of phenols is 1. The van der Waals surface area contributed by atoms with E-state index in [-0.39, 0.29) is 23.0 Å². The number of hydrogen-bond acceptors (Lipinski definition) is 5. The van der Waals surface area contributed by atoms with Gasteiger partial charge < -0.3 is 19.3 Å². The number of aromatic hydroxyl groups is 1. The molecule has 0 radical (unpaired) electrons. The minimum absolute atomic E-state index is 0.0798. The van der Waals surface area contributed by atoms with E-state index in [1.165, 1.54) is 27.4 Å². The highest BCUT2D eigenvalue weighted by Crippen LogP contribution is 2.37. The monoisotopic (exact) mass is 328 g/mol. The molecule has 0 unspecified atom stereocenters. The Morgan fingerprint density at radius 2 is 1.54 bits per heavy atom. The van der Waals surface area contributed by atoms with Crippen LogP contribution in [0.2, 0.25) is 0 Å². The van der Waals surface area contributed by atoms with E-state index in [1.807, 2.05) is 13.0 Å². The number of methoxy groups -OCH3 is 3. The Labute approximate surface area is 141 Å². The van der Waals surface area contributed by atoms with Crippen molar-refractivity contribution >= 4 is 11.9 Å². The molecule has 0 spiro atoms. The molecule has 0 aliphatic heterocycles. The first-order valence-electron chi connectivity index (χ1n) is 7.32. The lowest BCUT2D eigenvalue weighted by Crippen LogP contribution is -1.99. The zero-order chi connectivity index (χ0) is 17.7. The average molecular weight is 328 g/mol. The predicted molar refractivity (Wildman–Crippen MR) is 92.3 cm³/mol. The maximum Gasteiger partial charge on any atom is 0.200 e. The van der Waals surface area contributed by atoms with Crippen molar-refractivity contribution in [2.24, 2.45) is 0 Å². The third-order valence-electron chi connectivity index (χ3n) is 3.55. The molecule has 0 saturated carbocycles. The summed E-state index contributed by atoms with van der Waals surface area (Å²) in [6.07, 6.45) is 3.08. The van der Waals surface area contributed by atoms with Gasteiger partial charge in [0.05, 0.1) is 26.9 Å². The van der Waals surface area contributed by atoms with Gasteiger partial charge in [0.2, 0.25) is 5.75 Å². The van der Waals surface area contributed by atoms with Gasteiger partial charge in [-0.25, -0.2) is 0 Å². The lowest BCUT2D eigenvalue weighted by Gasteiger charge is -2.09. The Morgan fingerprint density at radius 3 is 2.08 bits per heavy atom. The van der Waals surface area contributed by atoms with Crippen LogP contribution in [0.3, 0.4) is 0 Å². The van der Waals surface area contributed by atoms with Crippen LogP contribution in [0, 0.1) is 6.92 Å². The van der Waals surface area contributed by atoms with Gasteiger partial charge in [0.1, 0.15) is 5.75 Å². The van der Waals surface area contributed by atoms with Gasteiger partial charge in [0.15, 0.2) is 17.3 Å². The summed E-state index contributed by atoms with van der Waals surface area (Å²) in [5.41, 5.74) is 2.13. The van der Waals surface area contributed by atoms with Crippen LogP contribution < -0.4 is 14.2 Å². The molecular weight excluding hydrogens is 308 g/mol. The molecular formula is C19H20O5. The molecule has 5 heteroatoms. The van der Waals surface area contributed by atoms with Gasteiger partial charge in [0.25, 0.3) is 0 Å². The predicted octanol–water partition coefficient (Wildman–Crippen LogP) is 3.62. The quantitative estimate of drug-likeness (QED) is 0.648. The average Bonchev–Trinajstić information content (AvgIpc) is 2.60. The zero-order valence-electron chi connectivity index (χ0n) is 14.1. The Kier molecular flexibility index (Phi) is 5.47. The van der Waals surface area contributed by atoms with E-state index in [9.17, 15) is 9.90 Å². The number of carbonyl (C=O) groups excluding carboxylic acids is 1. The van der Waals surface area contributed by atoms with Crippen LogP contribution in [-0.4, -0.2) is 32.2 Å². The van der Waals surface area contributed by atoms with E-state index in [4.69, 9.17) is 14.2 Å². The summed E-state index contributed by atoms with van der Waals surface area (Å²) >= 11 is 0. The molecule has 0 heterocycles. The lowest BCUT2D eigenvalue weighted by atomic mass is 10.0. The highest BCUT2D eigenvalue weighted by Gasteiger charge is 2.12. The summed E-state index contributed by atoms with van der Waals surface area (Å²) in [5.74, 6) is 0.811. The second-order valence-corrected chi connectivity index (χ2v) is 5.18. The lowest BCUT2D eigenvalue weighted by molar-refractivity contribution is 0.104. The van der Waals surface area contributed by atoms with Gasteiger partial charge in [0, 0.05) is 0 Å². The standard InChI is InChI=1S/C19H20O5/c1-12-5-8-16(22-2)14(9-12)15(20)7-6-13-10-17(23-3)19(21)18(11-13)24-4/h5-11,21H,1-4H3/b7-6+. The van der Waals surface area contributed by atoms with E-state index >= 15 is 0 Å². The van der Waals surface area contributed by atoms with Gasteiger partial charge in [-0.15, -0.1) is 0 Å². The summed E-state index contributed by atoms with van der Waals surface area (Å²) < 4.78 is 15.4. The van der Waals surface area contributed by atoms with Gasteiger partial charge >= 0.3 is 0 Å². The molecule has 0 fully saturated rings. The fourth-order valence-corrected chi connectivity index (χ4v) is 2.29. The van der Waals surface area contributed by atoms with Crippen LogP contribution >= 0.6 is 0 Å². The van der Waals surface area contributed by atoms with E-state index in [0.29, 0.717) is 16.9 Å². The van der Waals surface area contributed by atoms with Crippen LogP contribution in [0.5, 0.6) is 23.0 Å². The minimum Gasteiger partial charge on any atom is -0.502 e. The topological polar surface area (TPSA) is 65.0 Å². The second kappa shape index (κ2) is 7.55. The molecule has 0 aromatic heterocycles. The van der Waals surface area contributed by atoms with E-state index in [2.05, 4.69) is 0 Å². The van der Waals surface area contributed by atoms with E-state index in [0.717, 1.165) is 5.56 Å². The van der Waals surface area contributed by atoms with Crippen molar-refractivity contribution < 1.29 is 24.1 Å². The Morgan fingerprint density at radius 1 is 0.958 bits per heavy atom. The number of ketones is 1. The molecule has 0 atom stereocenters. The fraction of sp³-hybridized carbons (Fsp3) is 0.211. The number of carbonyl (C=O) groups is 1. The number of hydrogen-bond donors (Lipinski definition) is 1. The highest BCUT2D eigenvalue weighted by atomic mass is 16.5. The largest absolute Gasteiger partial charge is 0.502 e. The Balaban J connectivity index is 2.34. The summed E-state index contributed by atoms with van der Waals surface area (Å²) in [5, 5.41) is 9.91. The van der Waals surface area contributed by atoms with Crippen LogP contribution in [0.1, 0.15) is 21.5 Å². The first-order valence-corrected chi connectivity index (χ1v) is 7.32. The van der Waals surface area contributed by atoms with E-state index in [1.54, 1.807) is 30.3 Å². The summed E-state index contributed by atoms with van der Waals surface area (Å²) in [7, 11) is 4.43. The van der Waals surface area contributed by atoms with E-state index < -0.39 is 0 Å². The third-order valence-corrected chi connectivity index (χ3v) is 3.55. The number of phenolic OH excluding ortho intramolecular Hbond substituents is 1. The van der Waals surface area contributed by atoms with Crippen molar-refractivity contribution in [1.29, 1.82) is 0 Å². The molecule has 1 N–H and O–H groups in total. The molecule has 126 valence electrons. The normalized spacial score (nSPS) is 10.7. The number of aryl methyl sites for hydroxylation is 1. The number of allylic oxidation sites excluding steroid dienone is 1. The Hall–Kier alpha value is -2.95. The van der Waals surface area contributed by atoms with Crippen molar-refractivity contribution in [3.8, 4) is 23.0 Å². The maximum atomic E-state index is 12.4. The molecule has 0 aliphatic carbocycles. The van der Waals surface area contributed by atoms with Crippen molar-refractivity contribution in [1.82, 2.24) is 0 Å². The number of rotatable bonds is 6. The van der Waals surface area contributed by atoms with Crippen molar-refractivity contribution in [3.05, 3.63) is 53.1 Å². The van der Waals surface area contributed by atoms with Gasteiger partial charge in [-0.1, -0.05) is 17.7 Å². The number of ether oxygens (including phenoxy) is 3. The van der Waals surface area contributed by atoms with Gasteiger partial charge in [-0.2, -0.15) is 0 Å². The fourth-order valence-electron chi connectivity index (χ4n) is 2.29. The summed E-state index contributed by atoms with van der Waals surface area (Å²) in [6.45, 7) is 1.91. The van der Waals surface area contributed by atoms with Crippen LogP contribution in [0.25, 0.3) is 6.08 Å². The molecule has 2 aromatic carbocycles. The van der Waals surface area contributed by atoms with Crippen molar-refractivity contribution in [3.63, 3.8) is 0 Å². The SMILES string of the molecule is COc1ccc(C)cc1C(=O)/C=C/c1cc(OC)c(O)c(OC)c1. The Bertz CT molecular complexity index is 752. The highest BCUT2D eigenvalue weighted by molar-refractivity contribution is 6.08. The van der Waals surface area contributed by atoms with Gasteiger partial charge in [-0.3, -0.25) is 4.79 Å². The van der Waals surface area contributed by atoms with Crippen LogP contribution in [0.4, 0.5) is 0 Å². The number of benzene rings is 2. The smallest absolute Gasteiger partial charge is 0.200 e. The minimum atomic E-state index is -0.179. The zero-order valence-corrected chi connectivity index (χ0v) is 14.1. The molecule has 5 nitrogen and oxygen atoms in total.